The summed E-state index contributed by atoms with van der Waals surface area (Å²) in [7, 11) is 1.48. The van der Waals surface area contributed by atoms with Gasteiger partial charge >= 0.3 is 0 Å². The minimum atomic E-state index is -0.293. The highest BCUT2D eigenvalue weighted by molar-refractivity contribution is 6.41. The third-order valence-electron chi connectivity index (χ3n) is 5.44. The number of Topliss-reactive ketones (excluding diaryl/α,β-unsaturated/α-hetero) is 2. The Morgan fingerprint density at radius 1 is 0.909 bits per heavy atom. The Hall–Kier alpha value is -4.19. The van der Waals surface area contributed by atoms with Gasteiger partial charge in [-0.1, -0.05) is 55.5 Å². The summed E-state index contributed by atoms with van der Waals surface area (Å²) in [6.45, 7) is 1.83. The lowest BCUT2D eigenvalue weighted by molar-refractivity contribution is -0.118. The molecule has 0 radical (unpaired) electrons. The summed E-state index contributed by atoms with van der Waals surface area (Å²) in [4.78, 5) is 37.6. The molecule has 0 bridgehead atoms. The first-order valence-electron chi connectivity index (χ1n) is 10.6. The van der Waals surface area contributed by atoms with Gasteiger partial charge in [-0.3, -0.25) is 14.4 Å². The van der Waals surface area contributed by atoms with Crippen molar-refractivity contribution in [2.45, 2.75) is 13.3 Å². The van der Waals surface area contributed by atoms with Gasteiger partial charge in [0.2, 0.25) is 0 Å². The molecule has 0 saturated carbocycles. The second kappa shape index (κ2) is 9.53. The van der Waals surface area contributed by atoms with Crippen LogP contribution in [0.1, 0.15) is 38.8 Å². The fourth-order valence-electron chi connectivity index (χ4n) is 3.74. The van der Waals surface area contributed by atoms with Crippen LogP contribution < -0.4 is 14.8 Å². The molecule has 0 heterocycles. The molecule has 1 aliphatic carbocycles. The predicted octanol–water partition coefficient (Wildman–Crippen LogP) is 4.74. The number of allylic oxidation sites excluding steroid dienone is 1. The molecule has 0 aliphatic heterocycles. The van der Waals surface area contributed by atoms with Gasteiger partial charge in [-0.2, -0.15) is 0 Å². The second-order valence-corrected chi connectivity index (χ2v) is 7.52. The predicted molar refractivity (Wildman–Crippen MR) is 126 cm³/mol. The molecule has 1 aliphatic rings. The number of nitrogens with one attached hydrogen (secondary N) is 1. The molecule has 1 N–H and O–H groups in total. The molecule has 0 aromatic heterocycles. The number of hydrogen-bond acceptors (Lipinski definition) is 5. The van der Waals surface area contributed by atoms with Gasteiger partial charge in [0.15, 0.2) is 29.7 Å². The number of rotatable bonds is 7. The Bertz CT molecular complexity index is 1240. The number of fused-ring (bicyclic) bond motifs is 1. The topological polar surface area (TPSA) is 81.7 Å². The summed E-state index contributed by atoms with van der Waals surface area (Å²) in [6, 6.07) is 19.4. The first-order valence-corrected chi connectivity index (χ1v) is 10.6. The molecule has 166 valence electrons. The van der Waals surface area contributed by atoms with E-state index < -0.39 is 0 Å². The number of amides is 1. The molecule has 0 spiro atoms. The number of ketones is 2. The van der Waals surface area contributed by atoms with Crippen LogP contribution in [-0.2, 0) is 11.2 Å². The van der Waals surface area contributed by atoms with Gasteiger partial charge in [0.1, 0.15) is 0 Å². The molecule has 33 heavy (non-hydrogen) atoms. The molecule has 3 aromatic rings. The Kier molecular flexibility index (Phi) is 6.36. The number of hydrogen-bond donors (Lipinski definition) is 1. The highest BCUT2D eigenvalue weighted by atomic mass is 16.5. The molecule has 0 unspecified atom stereocenters. The number of anilines is 1. The highest BCUT2D eigenvalue weighted by Gasteiger charge is 2.32. The van der Waals surface area contributed by atoms with Crippen LogP contribution in [0.4, 0.5) is 5.69 Å². The van der Waals surface area contributed by atoms with Crippen LogP contribution in [-0.4, -0.2) is 31.2 Å². The maximum atomic E-state index is 12.6. The van der Waals surface area contributed by atoms with Crippen molar-refractivity contribution in [3.63, 3.8) is 0 Å². The van der Waals surface area contributed by atoms with Crippen molar-refractivity contribution in [3.8, 4) is 11.5 Å². The zero-order valence-corrected chi connectivity index (χ0v) is 18.4. The lowest BCUT2D eigenvalue weighted by atomic mass is 10.1. The van der Waals surface area contributed by atoms with E-state index in [1.165, 1.54) is 7.11 Å². The van der Waals surface area contributed by atoms with E-state index in [0.717, 1.165) is 17.7 Å². The van der Waals surface area contributed by atoms with E-state index >= 15 is 0 Å². The molecule has 1 amide bonds. The van der Waals surface area contributed by atoms with Gasteiger partial charge in [-0.25, -0.2) is 0 Å². The third kappa shape index (κ3) is 4.55. The minimum absolute atomic E-state index is 0.112. The van der Waals surface area contributed by atoms with E-state index in [1.807, 2.05) is 31.2 Å². The van der Waals surface area contributed by atoms with Crippen LogP contribution in [0.15, 0.2) is 72.3 Å². The average Bonchev–Trinajstić information content (AvgIpc) is 3.08. The number of benzene rings is 3. The van der Waals surface area contributed by atoms with E-state index in [-0.39, 0.29) is 29.7 Å². The maximum absolute atomic E-state index is 12.6. The van der Waals surface area contributed by atoms with Crippen molar-refractivity contribution in [2.75, 3.05) is 19.0 Å². The number of methoxy groups -OCH3 is 1. The molecule has 6 nitrogen and oxygen atoms in total. The van der Waals surface area contributed by atoms with Gasteiger partial charge in [0.25, 0.3) is 5.91 Å². The third-order valence-corrected chi connectivity index (χ3v) is 5.44. The molecule has 0 saturated heterocycles. The summed E-state index contributed by atoms with van der Waals surface area (Å²) >= 11 is 0. The van der Waals surface area contributed by atoms with Gasteiger partial charge in [-0.15, -0.1) is 0 Å². The van der Waals surface area contributed by atoms with Crippen molar-refractivity contribution < 1.29 is 23.9 Å². The number of aryl methyl sites for hydroxylation is 1. The molecular weight excluding hydrogens is 418 g/mol. The SMILES string of the molecule is CCc1ccccc1NC(=O)COc1ccc(C=C2C(=O)c3ccccc3C2=O)cc1OC. The van der Waals surface area contributed by atoms with Crippen molar-refractivity contribution in [1.29, 1.82) is 0 Å². The summed E-state index contributed by atoms with van der Waals surface area (Å²) in [5.41, 5.74) is 3.35. The van der Waals surface area contributed by atoms with E-state index in [1.54, 1.807) is 48.5 Å². The van der Waals surface area contributed by atoms with Gasteiger partial charge < -0.3 is 14.8 Å². The Morgan fingerprint density at radius 2 is 1.58 bits per heavy atom. The Morgan fingerprint density at radius 3 is 2.24 bits per heavy atom. The van der Waals surface area contributed by atoms with Gasteiger partial charge in [-0.05, 0) is 41.8 Å². The Labute approximate surface area is 191 Å². The van der Waals surface area contributed by atoms with Gasteiger partial charge in [0.05, 0.1) is 12.7 Å². The number of carbonyl (C=O) groups is 3. The van der Waals surface area contributed by atoms with Crippen LogP contribution in [0.5, 0.6) is 11.5 Å². The first kappa shape index (κ1) is 22.0. The highest BCUT2D eigenvalue weighted by Crippen LogP contribution is 2.32. The fourth-order valence-corrected chi connectivity index (χ4v) is 3.74. The molecule has 0 fully saturated rings. The van der Waals surface area contributed by atoms with Crippen LogP contribution in [0.25, 0.3) is 6.08 Å². The monoisotopic (exact) mass is 441 g/mol. The van der Waals surface area contributed by atoms with Crippen molar-refractivity contribution in [3.05, 3.63) is 94.6 Å². The smallest absolute Gasteiger partial charge is 0.262 e. The number of para-hydroxylation sites is 1. The fraction of sp³-hybridized carbons (Fsp3) is 0.148. The molecule has 0 atom stereocenters. The summed E-state index contributed by atoms with van der Waals surface area (Å²) in [5.74, 6) is -0.102. The molecule has 3 aromatic carbocycles. The lowest BCUT2D eigenvalue weighted by Gasteiger charge is -2.13. The van der Waals surface area contributed by atoms with E-state index in [2.05, 4.69) is 5.32 Å². The quantitative estimate of drug-likeness (QED) is 0.423. The van der Waals surface area contributed by atoms with Crippen molar-refractivity contribution in [2.24, 2.45) is 0 Å². The zero-order chi connectivity index (χ0) is 23.4. The van der Waals surface area contributed by atoms with Crippen LogP contribution in [0.2, 0.25) is 0 Å². The van der Waals surface area contributed by atoms with Gasteiger partial charge in [0, 0.05) is 16.8 Å². The molecule has 4 rings (SSSR count). The normalized spacial score (nSPS) is 12.4. The maximum Gasteiger partial charge on any atom is 0.262 e. The molecular formula is C27H23NO5. The standard InChI is InChI=1S/C27H23NO5/c1-3-18-8-4-7-11-22(18)28-25(29)16-33-23-13-12-17(15-24(23)32-2)14-21-26(30)19-9-5-6-10-20(19)27(21)31/h4-15H,3,16H2,1-2H3,(H,28,29). The lowest BCUT2D eigenvalue weighted by Crippen LogP contribution is -2.21. The van der Waals surface area contributed by atoms with E-state index in [4.69, 9.17) is 9.47 Å². The van der Waals surface area contributed by atoms with Crippen LogP contribution >= 0.6 is 0 Å². The van der Waals surface area contributed by atoms with E-state index in [9.17, 15) is 14.4 Å². The zero-order valence-electron chi connectivity index (χ0n) is 18.4. The van der Waals surface area contributed by atoms with Crippen LogP contribution in [0, 0.1) is 0 Å². The van der Waals surface area contributed by atoms with E-state index in [0.29, 0.717) is 28.2 Å². The second-order valence-electron chi connectivity index (χ2n) is 7.52. The number of carbonyl (C=O) groups excluding carboxylic acids is 3. The minimum Gasteiger partial charge on any atom is -0.493 e. The van der Waals surface area contributed by atoms with Crippen molar-refractivity contribution in [1.82, 2.24) is 0 Å². The summed E-state index contributed by atoms with van der Waals surface area (Å²) in [5, 5.41) is 2.86. The molecule has 6 heteroatoms. The van der Waals surface area contributed by atoms with Crippen LogP contribution in [0.3, 0.4) is 0 Å². The Balaban J connectivity index is 1.48. The largest absolute Gasteiger partial charge is 0.493 e. The number of ether oxygens (including phenoxy) is 2. The first-order chi connectivity index (χ1) is 16.0. The average molecular weight is 441 g/mol. The summed E-state index contributed by atoms with van der Waals surface area (Å²) < 4.78 is 11.1. The van der Waals surface area contributed by atoms with Crippen molar-refractivity contribution >= 4 is 29.2 Å². The summed E-state index contributed by atoms with van der Waals surface area (Å²) in [6.07, 6.45) is 2.35.